The average molecular weight is 234 g/mol. The molecule has 0 aliphatic rings. The number of benzene rings is 1. The molecule has 4 aromatic rings. The smallest absolute Gasteiger partial charge is 0.142 e. The van der Waals surface area contributed by atoms with E-state index in [0.717, 1.165) is 27.9 Å². The van der Waals surface area contributed by atoms with Gasteiger partial charge < -0.3 is 4.98 Å². The number of H-pyrrole nitrogens is 1. The summed E-state index contributed by atoms with van der Waals surface area (Å²) in [6, 6.07) is 14.0. The summed E-state index contributed by atoms with van der Waals surface area (Å²) >= 11 is 0. The molecule has 1 aromatic carbocycles. The molecule has 3 heterocycles. The maximum absolute atomic E-state index is 4.60. The number of para-hydroxylation sites is 2. The van der Waals surface area contributed by atoms with Gasteiger partial charge in [0.15, 0.2) is 0 Å². The standard InChI is InChI=1S/C14H10N4/c1-2-6-12-11(5-1)16-14(17-12)10-9-15-18-8-4-3-7-13(10)18/h1-9H,(H,16,17). The molecular formula is C14H10N4. The Morgan fingerprint density at radius 3 is 2.83 bits per heavy atom. The fourth-order valence-corrected chi connectivity index (χ4v) is 2.20. The maximum Gasteiger partial charge on any atom is 0.142 e. The Bertz CT molecular complexity index is 808. The topological polar surface area (TPSA) is 46.0 Å². The van der Waals surface area contributed by atoms with E-state index < -0.39 is 0 Å². The number of hydrogen-bond acceptors (Lipinski definition) is 2. The third kappa shape index (κ3) is 1.26. The van der Waals surface area contributed by atoms with Crippen molar-refractivity contribution in [3.8, 4) is 11.4 Å². The van der Waals surface area contributed by atoms with Gasteiger partial charge in [-0.3, -0.25) is 0 Å². The molecule has 0 saturated heterocycles. The molecule has 0 aliphatic carbocycles. The highest BCUT2D eigenvalue weighted by Gasteiger charge is 2.09. The minimum absolute atomic E-state index is 0.859. The second kappa shape index (κ2) is 3.43. The van der Waals surface area contributed by atoms with Crippen molar-refractivity contribution >= 4 is 16.6 Å². The fourth-order valence-electron chi connectivity index (χ4n) is 2.20. The minimum Gasteiger partial charge on any atom is -0.338 e. The van der Waals surface area contributed by atoms with E-state index in [1.807, 2.05) is 59.4 Å². The molecule has 1 N–H and O–H groups in total. The minimum atomic E-state index is 0.859. The average Bonchev–Trinajstić information content (AvgIpc) is 3.02. The van der Waals surface area contributed by atoms with Gasteiger partial charge in [-0.1, -0.05) is 18.2 Å². The zero-order chi connectivity index (χ0) is 11.9. The molecule has 0 spiro atoms. The van der Waals surface area contributed by atoms with Crippen molar-refractivity contribution in [3.05, 3.63) is 54.9 Å². The maximum atomic E-state index is 4.60. The summed E-state index contributed by atoms with van der Waals surface area (Å²) in [5.74, 6) is 0.859. The predicted octanol–water partition coefficient (Wildman–Crippen LogP) is 2.88. The third-order valence-corrected chi connectivity index (χ3v) is 3.07. The van der Waals surface area contributed by atoms with E-state index in [1.165, 1.54) is 0 Å². The molecule has 3 aromatic heterocycles. The van der Waals surface area contributed by atoms with Crippen molar-refractivity contribution in [1.29, 1.82) is 0 Å². The summed E-state index contributed by atoms with van der Waals surface area (Å²) in [5.41, 5.74) is 4.09. The number of fused-ring (bicyclic) bond motifs is 2. The lowest BCUT2D eigenvalue weighted by atomic mass is 10.2. The number of imidazole rings is 1. The molecule has 0 unspecified atom stereocenters. The van der Waals surface area contributed by atoms with Crippen LogP contribution in [0.15, 0.2) is 54.9 Å². The lowest BCUT2D eigenvalue weighted by Crippen LogP contribution is -1.84. The number of aromatic nitrogens is 4. The normalized spacial score (nSPS) is 11.3. The Morgan fingerprint density at radius 2 is 1.89 bits per heavy atom. The van der Waals surface area contributed by atoms with Crippen LogP contribution >= 0.6 is 0 Å². The van der Waals surface area contributed by atoms with E-state index in [1.54, 1.807) is 0 Å². The summed E-state index contributed by atoms with van der Waals surface area (Å²) in [6.07, 6.45) is 3.77. The van der Waals surface area contributed by atoms with Crippen LogP contribution in [0.2, 0.25) is 0 Å². The van der Waals surface area contributed by atoms with E-state index >= 15 is 0 Å². The van der Waals surface area contributed by atoms with E-state index in [0.29, 0.717) is 0 Å². The Hall–Kier alpha value is -2.62. The van der Waals surface area contributed by atoms with Gasteiger partial charge in [-0.25, -0.2) is 9.50 Å². The monoisotopic (exact) mass is 234 g/mol. The Balaban J connectivity index is 2.01. The highest BCUT2D eigenvalue weighted by Crippen LogP contribution is 2.24. The molecule has 0 radical (unpaired) electrons. The van der Waals surface area contributed by atoms with E-state index in [-0.39, 0.29) is 0 Å². The predicted molar refractivity (Wildman–Crippen MR) is 70.3 cm³/mol. The second-order valence-electron chi connectivity index (χ2n) is 4.19. The molecule has 0 amide bonds. The van der Waals surface area contributed by atoms with Crippen molar-refractivity contribution in [2.45, 2.75) is 0 Å². The van der Waals surface area contributed by atoms with Gasteiger partial charge in [0.05, 0.1) is 28.3 Å². The van der Waals surface area contributed by atoms with Crippen LogP contribution in [0.1, 0.15) is 0 Å². The number of nitrogens with zero attached hydrogens (tertiary/aromatic N) is 3. The number of rotatable bonds is 1. The Kier molecular flexibility index (Phi) is 1.80. The van der Waals surface area contributed by atoms with Gasteiger partial charge in [0.25, 0.3) is 0 Å². The van der Waals surface area contributed by atoms with Crippen LogP contribution < -0.4 is 0 Å². The molecule has 4 heteroatoms. The van der Waals surface area contributed by atoms with Gasteiger partial charge >= 0.3 is 0 Å². The van der Waals surface area contributed by atoms with Crippen LogP contribution in [0, 0.1) is 0 Å². The summed E-state index contributed by atoms with van der Waals surface area (Å²) in [4.78, 5) is 7.92. The van der Waals surface area contributed by atoms with Gasteiger partial charge in [-0.2, -0.15) is 5.10 Å². The fraction of sp³-hybridized carbons (Fsp3) is 0. The Labute approximate surface area is 103 Å². The number of hydrogen-bond donors (Lipinski definition) is 1. The zero-order valence-corrected chi connectivity index (χ0v) is 9.54. The van der Waals surface area contributed by atoms with Crippen molar-refractivity contribution in [1.82, 2.24) is 19.6 Å². The number of aromatic amines is 1. The van der Waals surface area contributed by atoms with Crippen molar-refractivity contribution < 1.29 is 0 Å². The molecule has 0 atom stereocenters. The first kappa shape index (κ1) is 9.41. The summed E-state index contributed by atoms with van der Waals surface area (Å²) < 4.78 is 1.85. The van der Waals surface area contributed by atoms with Crippen molar-refractivity contribution in [2.75, 3.05) is 0 Å². The number of pyridine rings is 1. The van der Waals surface area contributed by atoms with E-state index in [4.69, 9.17) is 0 Å². The number of nitrogens with one attached hydrogen (secondary N) is 1. The van der Waals surface area contributed by atoms with Crippen LogP contribution in [0.3, 0.4) is 0 Å². The molecular weight excluding hydrogens is 224 g/mol. The lowest BCUT2D eigenvalue weighted by Gasteiger charge is -1.93. The van der Waals surface area contributed by atoms with Crippen LogP contribution in [-0.4, -0.2) is 19.6 Å². The van der Waals surface area contributed by atoms with Crippen LogP contribution in [-0.2, 0) is 0 Å². The Morgan fingerprint density at radius 1 is 1.00 bits per heavy atom. The highest BCUT2D eigenvalue weighted by molar-refractivity contribution is 5.83. The first-order valence-corrected chi connectivity index (χ1v) is 5.79. The summed E-state index contributed by atoms with van der Waals surface area (Å²) in [7, 11) is 0. The first-order valence-electron chi connectivity index (χ1n) is 5.79. The molecule has 86 valence electrons. The zero-order valence-electron chi connectivity index (χ0n) is 9.54. The van der Waals surface area contributed by atoms with E-state index in [9.17, 15) is 0 Å². The van der Waals surface area contributed by atoms with Crippen LogP contribution in [0.4, 0.5) is 0 Å². The highest BCUT2D eigenvalue weighted by atomic mass is 15.2. The van der Waals surface area contributed by atoms with Crippen LogP contribution in [0.5, 0.6) is 0 Å². The van der Waals surface area contributed by atoms with Gasteiger partial charge in [-0.15, -0.1) is 0 Å². The third-order valence-electron chi connectivity index (χ3n) is 3.07. The first-order chi connectivity index (χ1) is 8.92. The molecule has 0 aliphatic heterocycles. The van der Waals surface area contributed by atoms with Gasteiger partial charge in [0.1, 0.15) is 5.82 Å². The quantitative estimate of drug-likeness (QED) is 0.550. The second-order valence-corrected chi connectivity index (χ2v) is 4.19. The van der Waals surface area contributed by atoms with Gasteiger partial charge in [0.2, 0.25) is 0 Å². The summed E-state index contributed by atoms with van der Waals surface area (Å²) in [5, 5.41) is 4.32. The molecule has 0 bridgehead atoms. The molecule has 18 heavy (non-hydrogen) atoms. The summed E-state index contributed by atoms with van der Waals surface area (Å²) in [6.45, 7) is 0. The lowest BCUT2D eigenvalue weighted by molar-refractivity contribution is 0.961. The van der Waals surface area contributed by atoms with Gasteiger partial charge in [-0.05, 0) is 24.3 Å². The van der Waals surface area contributed by atoms with Crippen molar-refractivity contribution in [3.63, 3.8) is 0 Å². The van der Waals surface area contributed by atoms with Crippen LogP contribution in [0.25, 0.3) is 27.9 Å². The molecule has 0 fully saturated rings. The molecule has 4 nitrogen and oxygen atoms in total. The SMILES string of the molecule is c1ccc2[nH]c(-c3cnn4ccccc34)nc2c1. The molecule has 0 saturated carbocycles. The van der Waals surface area contributed by atoms with Crippen molar-refractivity contribution in [2.24, 2.45) is 0 Å². The van der Waals surface area contributed by atoms with E-state index in [2.05, 4.69) is 15.1 Å². The largest absolute Gasteiger partial charge is 0.338 e. The molecule has 4 rings (SSSR count). The van der Waals surface area contributed by atoms with Gasteiger partial charge in [0, 0.05) is 6.20 Å².